The van der Waals surface area contributed by atoms with Crippen molar-refractivity contribution < 1.29 is 9.47 Å². The normalized spacial score (nSPS) is 11.7. The highest BCUT2D eigenvalue weighted by molar-refractivity contribution is 5.86. The zero-order chi connectivity index (χ0) is 16.9. The Balaban J connectivity index is 1.97. The molecule has 1 atom stereocenters. The fraction of sp³-hybridized carbons (Fsp3) is 0.190. The van der Waals surface area contributed by atoms with E-state index in [2.05, 4.69) is 24.3 Å². The quantitative estimate of drug-likeness (QED) is 0.684. The summed E-state index contributed by atoms with van der Waals surface area (Å²) in [6, 6.07) is 22.6. The van der Waals surface area contributed by atoms with Crippen LogP contribution in [0.15, 0.2) is 60.7 Å². The third-order valence-corrected chi connectivity index (χ3v) is 4.24. The minimum Gasteiger partial charge on any atom is -0.493 e. The standard InChI is InChI=1S/C21H19NO2/c1-23-20-11-10-15(13-21(20)24-2)12-17(14-22)19-9-5-7-16-6-3-4-8-18(16)19/h3-11,13,17H,12H2,1-2H3. The third-order valence-electron chi connectivity index (χ3n) is 4.24. The number of hydrogen-bond acceptors (Lipinski definition) is 3. The zero-order valence-corrected chi connectivity index (χ0v) is 13.8. The third kappa shape index (κ3) is 3.04. The molecule has 3 aromatic carbocycles. The summed E-state index contributed by atoms with van der Waals surface area (Å²) in [5.74, 6) is 1.17. The zero-order valence-electron chi connectivity index (χ0n) is 13.8. The second-order valence-electron chi connectivity index (χ2n) is 5.64. The summed E-state index contributed by atoms with van der Waals surface area (Å²) in [6.45, 7) is 0. The van der Waals surface area contributed by atoms with Gasteiger partial charge in [-0.25, -0.2) is 0 Å². The monoisotopic (exact) mass is 317 g/mol. The summed E-state index contributed by atoms with van der Waals surface area (Å²) in [6.07, 6.45) is 0.630. The first-order valence-corrected chi connectivity index (χ1v) is 7.85. The lowest BCUT2D eigenvalue weighted by Gasteiger charge is -2.14. The summed E-state index contributed by atoms with van der Waals surface area (Å²) in [5, 5.41) is 12.0. The molecule has 0 bridgehead atoms. The molecule has 0 N–H and O–H groups in total. The van der Waals surface area contributed by atoms with E-state index in [0.29, 0.717) is 17.9 Å². The lowest BCUT2D eigenvalue weighted by Crippen LogP contribution is -2.02. The number of ether oxygens (including phenoxy) is 2. The molecule has 0 radical (unpaired) electrons. The van der Waals surface area contributed by atoms with Gasteiger partial charge in [-0.3, -0.25) is 0 Å². The maximum atomic E-state index is 9.72. The second-order valence-corrected chi connectivity index (χ2v) is 5.64. The molecule has 3 nitrogen and oxygen atoms in total. The van der Waals surface area contributed by atoms with Crippen LogP contribution >= 0.6 is 0 Å². The molecular weight excluding hydrogens is 298 g/mol. The first kappa shape index (κ1) is 15.9. The minimum absolute atomic E-state index is 0.214. The Morgan fingerprint density at radius 3 is 2.42 bits per heavy atom. The molecule has 1 unspecified atom stereocenters. The van der Waals surface area contributed by atoms with Crippen LogP contribution in [0.4, 0.5) is 0 Å². The molecule has 3 aromatic rings. The van der Waals surface area contributed by atoms with Crippen molar-refractivity contribution in [2.45, 2.75) is 12.3 Å². The van der Waals surface area contributed by atoms with Gasteiger partial charge in [-0.05, 0) is 40.5 Å². The molecule has 0 heterocycles. The highest BCUT2D eigenvalue weighted by Gasteiger charge is 2.15. The van der Waals surface area contributed by atoms with Crippen LogP contribution in [0.2, 0.25) is 0 Å². The van der Waals surface area contributed by atoms with E-state index in [9.17, 15) is 5.26 Å². The van der Waals surface area contributed by atoms with Crippen molar-refractivity contribution >= 4 is 10.8 Å². The van der Waals surface area contributed by atoms with Crippen molar-refractivity contribution in [2.24, 2.45) is 0 Å². The summed E-state index contributed by atoms with van der Waals surface area (Å²) < 4.78 is 10.6. The number of methoxy groups -OCH3 is 2. The minimum atomic E-state index is -0.214. The summed E-state index contributed by atoms with van der Waals surface area (Å²) in [7, 11) is 3.24. The molecule has 0 aliphatic carbocycles. The number of nitrogens with zero attached hydrogens (tertiary/aromatic N) is 1. The Morgan fingerprint density at radius 1 is 0.917 bits per heavy atom. The molecule has 0 aliphatic rings. The Morgan fingerprint density at radius 2 is 1.67 bits per heavy atom. The molecule has 0 aromatic heterocycles. The highest BCUT2D eigenvalue weighted by atomic mass is 16.5. The predicted molar refractivity (Wildman–Crippen MR) is 95.6 cm³/mol. The van der Waals surface area contributed by atoms with Gasteiger partial charge in [0, 0.05) is 0 Å². The van der Waals surface area contributed by atoms with Crippen LogP contribution in [0.25, 0.3) is 10.8 Å². The molecule has 0 fully saturated rings. The van der Waals surface area contributed by atoms with Crippen molar-refractivity contribution in [3.05, 3.63) is 71.8 Å². The molecule has 0 amide bonds. The number of benzene rings is 3. The lowest BCUT2D eigenvalue weighted by atomic mass is 9.89. The molecule has 0 saturated heterocycles. The van der Waals surface area contributed by atoms with Crippen LogP contribution in [0, 0.1) is 11.3 Å². The molecule has 0 saturated carbocycles. The van der Waals surface area contributed by atoms with E-state index in [-0.39, 0.29) is 5.92 Å². The van der Waals surface area contributed by atoms with E-state index >= 15 is 0 Å². The summed E-state index contributed by atoms with van der Waals surface area (Å²) in [4.78, 5) is 0. The number of fused-ring (bicyclic) bond motifs is 1. The van der Waals surface area contributed by atoms with Crippen molar-refractivity contribution in [3.8, 4) is 17.6 Å². The number of nitriles is 1. The molecule has 120 valence electrons. The Labute approximate surface area is 142 Å². The second kappa shape index (κ2) is 7.06. The first-order chi connectivity index (χ1) is 11.8. The van der Waals surface area contributed by atoms with Gasteiger partial charge in [0.15, 0.2) is 11.5 Å². The van der Waals surface area contributed by atoms with Crippen LogP contribution in [0.1, 0.15) is 17.0 Å². The van der Waals surface area contributed by atoms with Gasteiger partial charge in [0.1, 0.15) is 0 Å². The predicted octanol–water partition coefficient (Wildman–Crippen LogP) is 4.71. The number of hydrogen-bond donors (Lipinski definition) is 0. The van der Waals surface area contributed by atoms with Crippen LogP contribution in [-0.4, -0.2) is 14.2 Å². The SMILES string of the molecule is COc1ccc(CC(C#N)c2cccc3ccccc23)cc1OC. The number of rotatable bonds is 5. The van der Waals surface area contributed by atoms with Crippen LogP contribution in [-0.2, 0) is 6.42 Å². The fourth-order valence-electron chi connectivity index (χ4n) is 3.02. The summed E-state index contributed by atoms with van der Waals surface area (Å²) in [5.41, 5.74) is 2.11. The van der Waals surface area contributed by atoms with Gasteiger partial charge in [-0.1, -0.05) is 48.5 Å². The molecule has 0 aliphatic heterocycles. The van der Waals surface area contributed by atoms with E-state index < -0.39 is 0 Å². The fourth-order valence-corrected chi connectivity index (χ4v) is 3.02. The van der Waals surface area contributed by atoms with Crippen molar-refractivity contribution in [2.75, 3.05) is 14.2 Å². The van der Waals surface area contributed by atoms with Gasteiger partial charge < -0.3 is 9.47 Å². The molecular formula is C21H19NO2. The van der Waals surface area contributed by atoms with Gasteiger partial charge >= 0.3 is 0 Å². The van der Waals surface area contributed by atoms with E-state index in [0.717, 1.165) is 21.9 Å². The highest BCUT2D eigenvalue weighted by Crippen LogP contribution is 2.32. The molecule has 3 rings (SSSR count). The first-order valence-electron chi connectivity index (χ1n) is 7.85. The van der Waals surface area contributed by atoms with E-state index in [1.807, 2.05) is 42.5 Å². The van der Waals surface area contributed by atoms with E-state index in [4.69, 9.17) is 9.47 Å². The van der Waals surface area contributed by atoms with Crippen LogP contribution in [0.5, 0.6) is 11.5 Å². The van der Waals surface area contributed by atoms with Gasteiger partial charge in [0.05, 0.1) is 26.2 Å². The Bertz CT molecular complexity index is 890. The Kier molecular flexibility index (Phi) is 4.67. The molecule has 3 heteroatoms. The topological polar surface area (TPSA) is 42.2 Å². The lowest BCUT2D eigenvalue weighted by molar-refractivity contribution is 0.354. The largest absolute Gasteiger partial charge is 0.493 e. The maximum absolute atomic E-state index is 9.72. The maximum Gasteiger partial charge on any atom is 0.160 e. The smallest absolute Gasteiger partial charge is 0.160 e. The van der Waals surface area contributed by atoms with Gasteiger partial charge in [-0.15, -0.1) is 0 Å². The van der Waals surface area contributed by atoms with Crippen LogP contribution in [0.3, 0.4) is 0 Å². The molecule has 0 spiro atoms. The van der Waals surface area contributed by atoms with Crippen molar-refractivity contribution in [1.82, 2.24) is 0 Å². The van der Waals surface area contributed by atoms with E-state index in [1.165, 1.54) is 0 Å². The van der Waals surface area contributed by atoms with E-state index in [1.54, 1.807) is 14.2 Å². The average Bonchev–Trinajstić information content (AvgIpc) is 2.65. The Hall–Kier alpha value is -2.99. The van der Waals surface area contributed by atoms with Gasteiger partial charge in [0.25, 0.3) is 0 Å². The van der Waals surface area contributed by atoms with Crippen LogP contribution < -0.4 is 9.47 Å². The van der Waals surface area contributed by atoms with Gasteiger partial charge in [0.2, 0.25) is 0 Å². The van der Waals surface area contributed by atoms with Gasteiger partial charge in [-0.2, -0.15) is 5.26 Å². The van der Waals surface area contributed by atoms with Crippen molar-refractivity contribution in [3.63, 3.8) is 0 Å². The van der Waals surface area contributed by atoms with Crippen molar-refractivity contribution in [1.29, 1.82) is 5.26 Å². The average molecular weight is 317 g/mol. The molecule has 24 heavy (non-hydrogen) atoms. The summed E-state index contributed by atoms with van der Waals surface area (Å²) >= 11 is 0.